The monoisotopic (exact) mass is 279 g/mol. The van der Waals surface area contributed by atoms with E-state index < -0.39 is 11.6 Å². The van der Waals surface area contributed by atoms with Gasteiger partial charge in [0.25, 0.3) is 0 Å². The number of benzene rings is 1. The highest BCUT2D eigenvalue weighted by atomic mass is 19.1. The van der Waals surface area contributed by atoms with Gasteiger partial charge in [-0.05, 0) is 24.3 Å². The minimum absolute atomic E-state index is 0.286. The molecular weight excluding hydrogens is 261 g/mol. The number of nitrogens with two attached hydrogens (primary N) is 1. The van der Waals surface area contributed by atoms with E-state index in [1.54, 1.807) is 19.2 Å². The fraction of sp³-hybridized carbons (Fsp3) is 0.467. The van der Waals surface area contributed by atoms with Crippen LogP contribution in [-0.2, 0) is 9.47 Å². The first kappa shape index (κ1) is 13.5. The van der Waals surface area contributed by atoms with Crippen molar-refractivity contribution in [3.05, 3.63) is 35.8 Å². The van der Waals surface area contributed by atoms with Crippen LogP contribution in [-0.4, -0.2) is 25.9 Å². The number of rotatable bonds is 3. The first-order chi connectivity index (χ1) is 9.64. The largest absolute Gasteiger partial charge is 0.459 e. The van der Waals surface area contributed by atoms with Crippen molar-refractivity contribution in [3.8, 4) is 0 Å². The van der Waals surface area contributed by atoms with Crippen molar-refractivity contribution in [2.24, 2.45) is 5.73 Å². The molecule has 1 aromatic carbocycles. The van der Waals surface area contributed by atoms with Crippen molar-refractivity contribution in [1.82, 2.24) is 0 Å². The molecule has 1 unspecified atom stereocenters. The molecule has 0 spiro atoms. The van der Waals surface area contributed by atoms with E-state index in [4.69, 9.17) is 19.6 Å². The van der Waals surface area contributed by atoms with Crippen LogP contribution < -0.4 is 5.73 Å². The Bertz CT molecular complexity index is 604. The van der Waals surface area contributed by atoms with Crippen LogP contribution in [0.4, 0.5) is 4.39 Å². The molecule has 1 fully saturated rings. The van der Waals surface area contributed by atoms with Crippen molar-refractivity contribution < 1.29 is 18.3 Å². The molecule has 1 saturated heterocycles. The summed E-state index contributed by atoms with van der Waals surface area (Å²) in [4.78, 5) is 0. The summed E-state index contributed by atoms with van der Waals surface area (Å²) < 4.78 is 30.0. The van der Waals surface area contributed by atoms with Gasteiger partial charge >= 0.3 is 0 Å². The van der Waals surface area contributed by atoms with Crippen LogP contribution >= 0.6 is 0 Å². The maximum absolute atomic E-state index is 13.2. The number of hydrogen-bond donors (Lipinski definition) is 1. The predicted molar refractivity (Wildman–Crippen MR) is 72.9 cm³/mol. The Hall–Kier alpha value is -1.43. The molecule has 2 aromatic rings. The van der Waals surface area contributed by atoms with Gasteiger partial charge in [-0.25, -0.2) is 4.39 Å². The van der Waals surface area contributed by atoms with E-state index in [0.29, 0.717) is 29.9 Å². The second-order valence-corrected chi connectivity index (χ2v) is 5.19. The van der Waals surface area contributed by atoms with Gasteiger partial charge in [-0.2, -0.15) is 0 Å². The van der Waals surface area contributed by atoms with Gasteiger partial charge in [0.15, 0.2) is 0 Å². The third-order valence-electron chi connectivity index (χ3n) is 4.12. The highest BCUT2D eigenvalue weighted by molar-refractivity contribution is 5.78. The topological polar surface area (TPSA) is 57.6 Å². The number of hydrogen-bond acceptors (Lipinski definition) is 4. The van der Waals surface area contributed by atoms with Gasteiger partial charge in [-0.1, -0.05) is 0 Å². The van der Waals surface area contributed by atoms with E-state index in [0.717, 1.165) is 12.8 Å². The Kier molecular flexibility index (Phi) is 3.50. The summed E-state index contributed by atoms with van der Waals surface area (Å²) in [5, 5.41) is 0.716. The summed E-state index contributed by atoms with van der Waals surface area (Å²) >= 11 is 0. The average molecular weight is 279 g/mol. The lowest BCUT2D eigenvalue weighted by Gasteiger charge is -2.39. The van der Waals surface area contributed by atoms with E-state index in [1.165, 1.54) is 12.1 Å². The molecule has 0 amide bonds. The standard InChI is InChI=1S/C15H18FNO3/c1-18-15(4-6-19-7-5-15)14(17)13-9-10-8-11(16)2-3-12(10)20-13/h2-3,8-9,14H,4-7,17H2,1H3. The van der Waals surface area contributed by atoms with Gasteiger partial charge in [0, 0.05) is 38.6 Å². The minimum Gasteiger partial charge on any atom is -0.459 e. The van der Waals surface area contributed by atoms with Crippen LogP contribution in [0.1, 0.15) is 24.6 Å². The molecule has 0 radical (unpaired) electrons. The van der Waals surface area contributed by atoms with Crippen molar-refractivity contribution in [3.63, 3.8) is 0 Å². The summed E-state index contributed by atoms with van der Waals surface area (Å²) in [5.74, 6) is 0.334. The van der Waals surface area contributed by atoms with Crippen LogP contribution in [0, 0.1) is 5.82 Å². The highest BCUT2D eigenvalue weighted by Crippen LogP contribution is 2.37. The molecule has 0 bridgehead atoms. The molecule has 5 heteroatoms. The zero-order valence-electron chi connectivity index (χ0n) is 11.4. The summed E-state index contributed by atoms with van der Waals surface area (Å²) in [6.45, 7) is 1.24. The van der Waals surface area contributed by atoms with Crippen LogP contribution in [0.15, 0.2) is 28.7 Å². The van der Waals surface area contributed by atoms with Gasteiger partial charge in [0.05, 0.1) is 11.6 Å². The molecule has 0 saturated carbocycles. The zero-order valence-corrected chi connectivity index (χ0v) is 11.4. The SMILES string of the molecule is COC1(C(N)c2cc3cc(F)ccc3o2)CCOCC1. The molecule has 4 nitrogen and oxygen atoms in total. The number of ether oxygens (including phenoxy) is 2. The van der Waals surface area contributed by atoms with Crippen molar-refractivity contribution >= 4 is 11.0 Å². The molecule has 1 aliphatic heterocycles. The average Bonchev–Trinajstić information content (AvgIpc) is 2.90. The van der Waals surface area contributed by atoms with Gasteiger partial charge in [-0.3, -0.25) is 0 Å². The number of methoxy groups -OCH3 is 1. The summed E-state index contributed by atoms with van der Waals surface area (Å²) in [6, 6.07) is 5.83. The minimum atomic E-state index is -0.481. The van der Waals surface area contributed by atoms with Crippen LogP contribution in [0.2, 0.25) is 0 Å². The number of fused-ring (bicyclic) bond motifs is 1. The third kappa shape index (κ3) is 2.22. The highest BCUT2D eigenvalue weighted by Gasteiger charge is 2.41. The maximum Gasteiger partial charge on any atom is 0.134 e. The van der Waals surface area contributed by atoms with Gasteiger partial charge in [0.2, 0.25) is 0 Å². The van der Waals surface area contributed by atoms with Gasteiger partial charge < -0.3 is 19.6 Å². The lowest BCUT2D eigenvalue weighted by atomic mass is 9.85. The Balaban J connectivity index is 1.96. The van der Waals surface area contributed by atoms with Gasteiger partial charge in [0.1, 0.15) is 17.2 Å². The zero-order chi connectivity index (χ0) is 14.2. The van der Waals surface area contributed by atoms with Gasteiger partial charge in [-0.15, -0.1) is 0 Å². The van der Waals surface area contributed by atoms with Crippen LogP contribution in [0.5, 0.6) is 0 Å². The van der Waals surface area contributed by atoms with Crippen molar-refractivity contribution in [2.45, 2.75) is 24.5 Å². The van der Waals surface area contributed by atoms with Crippen molar-refractivity contribution in [2.75, 3.05) is 20.3 Å². The molecule has 1 atom stereocenters. The molecule has 3 rings (SSSR count). The molecule has 108 valence electrons. The molecular formula is C15H18FNO3. The normalized spacial score (nSPS) is 20.1. The van der Waals surface area contributed by atoms with Crippen LogP contribution in [0.25, 0.3) is 11.0 Å². The fourth-order valence-corrected chi connectivity index (χ4v) is 2.81. The Labute approximate surface area is 116 Å². The lowest BCUT2D eigenvalue weighted by molar-refractivity contribution is -0.107. The molecule has 2 heterocycles. The van der Waals surface area contributed by atoms with E-state index in [1.807, 2.05) is 0 Å². The Morgan fingerprint density at radius 1 is 1.30 bits per heavy atom. The summed E-state index contributed by atoms with van der Waals surface area (Å²) in [6.07, 6.45) is 1.44. The molecule has 2 N–H and O–H groups in total. The van der Waals surface area contributed by atoms with Crippen LogP contribution in [0.3, 0.4) is 0 Å². The molecule has 1 aromatic heterocycles. The fourth-order valence-electron chi connectivity index (χ4n) is 2.81. The Morgan fingerprint density at radius 3 is 2.75 bits per heavy atom. The summed E-state index contributed by atoms with van der Waals surface area (Å²) in [5.41, 5.74) is 6.50. The second-order valence-electron chi connectivity index (χ2n) is 5.19. The third-order valence-corrected chi connectivity index (χ3v) is 4.12. The smallest absolute Gasteiger partial charge is 0.134 e. The van der Waals surface area contributed by atoms with Crippen molar-refractivity contribution in [1.29, 1.82) is 0 Å². The first-order valence-corrected chi connectivity index (χ1v) is 6.72. The molecule has 20 heavy (non-hydrogen) atoms. The number of halogens is 1. The van der Waals surface area contributed by atoms with E-state index in [-0.39, 0.29) is 5.82 Å². The van der Waals surface area contributed by atoms with E-state index >= 15 is 0 Å². The lowest BCUT2D eigenvalue weighted by Crippen LogP contribution is -2.47. The second kappa shape index (κ2) is 5.16. The molecule has 0 aliphatic carbocycles. The Morgan fingerprint density at radius 2 is 2.05 bits per heavy atom. The van der Waals surface area contributed by atoms with E-state index in [2.05, 4.69) is 0 Å². The number of furan rings is 1. The maximum atomic E-state index is 13.2. The quantitative estimate of drug-likeness (QED) is 0.938. The first-order valence-electron chi connectivity index (χ1n) is 6.72. The van der Waals surface area contributed by atoms with E-state index in [9.17, 15) is 4.39 Å². The predicted octanol–water partition coefficient (Wildman–Crippen LogP) is 2.77. The molecule has 1 aliphatic rings. The summed E-state index contributed by atoms with van der Waals surface area (Å²) in [7, 11) is 1.66.